The summed E-state index contributed by atoms with van der Waals surface area (Å²) >= 11 is 0. The average molecular weight is 524 g/mol. The largest absolute Gasteiger partial charge is 0.309 e. The van der Waals surface area contributed by atoms with Crippen LogP contribution in [0.4, 0.5) is 0 Å². The van der Waals surface area contributed by atoms with Gasteiger partial charge in [0.25, 0.3) is 0 Å². The molecule has 0 saturated carbocycles. The highest BCUT2D eigenvalue weighted by Gasteiger charge is 2.20. The van der Waals surface area contributed by atoms with Crippen LogP contribution in [0.2, 0.25) is 0 Å². The van der Waals surface area contributed by atoms with Crippen molar-refractivity contribution in [2.75, 3.05) is 0 Å². The quantitative estimate of drug-likeness (QED) is 0.226. The fourth-order valence-corrected chi connectivity index (χ4v) is 6.79. The molecule has 0 atom stereocenters. The monoisotopic (exact) mass is 523 g/mol. The summed E-state index contributed by atoms with van der Waals surface area (Å²) < 4.78 is 4.70. The lowest BCUT2D eigenvalue weighted by Crippen LogP contribution is -2.00. The Bertz CT molecular complexity index is 2320. The third-order valence-corrected chi connectivity index (χ3v) is 8.51. The van der Waals surface area contributed by atoms with Crippen molar-refractivity contribution in [3.63, 3.8) is 0 Å². The Morgan fingerprint density at radius 2 is 1.29 bits per heavy atom. The van der Waals surface area contributed by atoms with Crippen molar-refractivity contribution in [2.45, 2.75) is 6.42 Å². The number of aromatic nitrogens is 3. The zero-order chi connectivity index (χ0) is 26.9. The predicted octanol–water partition coefficient (Wildman–Crippen LogP) is 9.51. The molecule has 0 amide bonds. The van der Waals surface area contributed by atoms with E-state index >= 15 is 0 Å². The molecule has 2 heterocycles. The molecule has 0 N–H and O–H groups in total. The molecule has 0 aliphatic heterocycles. The van der Waals surface area contributed by atoms with Crippen LogP contribution in [0.15, 0.2) is 133 Å². The second-order valence-electron chi connectivity index (χ2n) is 10.8. The molecular weight excluding hydrogens is 498 g/mol. The summed E-state index contributed by atoms with van der Waals surface area (Å²) in [5, 5.41) is 5.36. The lowest BCUT2D eigenvalue weighted by Gasteiger charge is -2.16. The van der Waals surface area contributed by atoms with Gasteiger partial charge in [-0.15, -0.1) is 0 Å². The van der Waals surface area contributed by atoms with Gasteiger partial charge in [0.2, 0.25) is 0 Å². The third kappa shape index (κ3) is 3.23. The lowest BCUT2D eigenvalue weighted by atomic mass is 9.90. The summed E-state index contributed by atoms with van der Waals surface area (Å²) in [6.45, 7) is 0. The molecule has 8 aromatic rings. The molecule has 9 rings (SSSR count). The number of allylic oxidation sites excluding steroid dienone is 1. The van der Waals surface area contributed by atoms with E-state index in [4.69, 9.17) is 4.98 Å². The number of imidazole rings is 1. The highest BCUT2D eigenvalue weighted by atomic mass is 15.1. The molecule has 0 bridgehead atoms. The van der Waals surface area contributed by atoms with Gasteiger partial charge in [0.05, 0.1) is 22.1 Å². The van der Waals surface area contributed by atoms with Crippen LogP contribution < -0.4 is 0 Å². The number of rotatable bonds is 3. The second-order valence-corrected chi connectivity index (χ2v) is 10.8. The van der Waals surface area contributed by atoms with Crippen LogP contribution >= 0.6 is 0 Å². The minimum atomic E-state index is 0.950. The highest BCUT2D eigenvalue weighted by molar-refractivity contribution is 6.17. The first-order valence-corrected chi connectivity index (χ1v) is 14.1. The SMILES string of the molecule is C1=Cc2cccc3cc4c(c(c23)C1)c1ccccc1n4-c1ccc(-n2c(-c3ccccc3)nc3ccccc32)cc1. The molecule has 6 aromatic carbocycles. The van der Waals surface area contributed by atoms with Gasteiger partial charge in [-0.2, -0.15) is 0 Å². The van der Waals surface area contributed by atoms with Gasteiger partial charge in [-0.25, -0.2) is 4.98 Å². The van der Waals surface area contributed by atoms with Gasteiger partial charge in [0.15, 0.2) is 0 Å². The van der Waals surface area contributed by atoms with E-state index in [1.807, 2.05) is 6.07 Å². The van der Waals surface area contributed by atoms with Gasteiger partial charge < -0.3 is 4.57 Å². The topological polar surface area (TPSA) is 22.8 Å². The molecule has 3 heteroatoms. The molecule has 41 heavy (non-hydrogen) atoms. The van der Waals surface area contributed by atoms with Crippen LogP contribution in [0.3, 0.4) is 0 Å². The zero-order valence-corrected chi connectivity index (χ0v) is 22.3. The summed E-state index contributed by atoms with van der Waals surface area (Å²) in [6, 6.07) is 45.6. The normalized spacial score (nSPS) is 12.7. The van der Waals surface area contributed by atoms with Crippen LogP contribution in [0.1, 0.15) is 11.1 Å². The second kappa shape index (κ2) is 8.54. The maximum atomic E-state index is 5.03. The Balaban J connectivity index is 1.28. The Kier molecular flexibility index (Phi) is 4.67. The van der Waals surface area contributed by atoms with E-state index in [0.717, 1.165) is 40.2 Å². The first-order chi connectivity index (χ1) is 20.3. The van der Waals surface area contributed by atoms with Gasteiger partial charge in [-0.3, -0.25) is 4.57 Å². The van der Waals surface area contributed by atoms with E-state index in [9.17, 15) is 0 Å². The third-order valence-electron chi connectivity index (χ3n) is 8.51. The summed E-state index contributed by atoms with van der Waals surface area (Å²) in [4.78, 5) is 5.03. The summed E-state index contributed by atoms with van der Waals surface area (Å²) in [5.74, 6) is 0.950. The van der Waals surface area contributed by atoms with Gasteiger partial charge in [-0.05, 0) is 76.9 Å². The van der Waals surface area contributed by atoms with E-state index in [2.05, 4.69) is 143 Å². The molecule has 0 fully saturated rings. The predicted molar refractivity (Wildman–Crippen MR) is 171 cm³/mol. The molecule has 1 aliphatic carbocycles. The summed E-state index contributed by atoms with van der Waals surface area (Å²) in [5.41, 5.74) is 10.7. The molecule has 192 valence electrons. The van der Waals surface area contributed by atoms with Gasteiger partial charge >= 0.3 is 0 Å². The van der Waals surface area contributed by atoms with E-state index in [1.54, 1.807) is 0 Å². The number of hydrogen-bond donors (Lipinski definition) is 0. The number of hydrogen-bond acceptors (Lipinski definition) is 1. The molecular formula is C38H25N3. The molecule has 2 aromatic heterocycles. The number of benzene rings is 6. The number of nitrogens with zero attached hydrogens (tertiary/aromatic N) is 3. The zero-order valence-electron chi connectivity index (χ0n) is 22.3. The Hall–Kier alpha value is -5.41. The molecule has 0 saturated heterocycles. The minimum absolute atomic E-state index is 0.950. The van der Waals surface area contributed by atoms with Crippen LogP contribution in [0, 0.1) is 0 Å². The van der Waals surface area contributed by atoms with Crippen LogP contribution in [-0.2, 0) is 6.42 Å². The number of para-hydroxylation sites is 3. The molecule has 0 spiro atoms. The average Bonchev–Trinajstić information content (AvgIpc) is 3.58. The number of fused-ring (bicyclic) bond motifs is 5. The van der Waals surface area contributed by atoms with Crippen molar-refractivity contribution in [1.29, 1.82) is 0 Å². The maximum Gasteiger partial charge on any atom is 0.145 e. The van der Waals surface area contributed by atoms with E-state index in [-0.39, 0.29) is 0 Å². The van der Waals surface area contributed by atoms with Crippen molar-refractivity contribution in [2.24, 2.45) is 0 Å². The first-order valence-electron chi connectivity index (χ1n) is 14.1. The van der Waals surface area contributed by atoms with E-state index < -0.39 is 0 Å². The van der Waals surface area contributed by atoms with Crippen LogP contribution in [0.25, 0.3) is 72.5 Å². The highest BCUT2D eigenvalue weighted by Crippen LogP contribution is 2.41. The first kappa shape index (κ1) is 22.4. The van der Waals surface area contributed by atoms with Crippen LogP contribution in [-0.4, -0.2) is 14.1 Å². The smallest absolute Gasteiger partial charge is 0.145 e. The van der Waals surface area contributed by atoms with Crippen molar-refractivity contribution < 1.29 is 0 Å². The summed E-state index contributed by atoms with van der Waals surface area (Å²) in [6.07, 6.45) is 5.52. The van der Waals surface area contributed by atoms with Crippen molar-refractivity contribution in [3.05, 3.63) is 145 Å². The van der Waals surface area contributed by atoms with Crippen molar-refractivity contribution >= 4 is 49.7 Å². The fourth-order valence-electron chi connectivity index (χ4n) is 6.79. The Morgan fingerprint density at radius 3 is 2.15 bits per heavy atom. The Labute approximate surface area is 237 Å². The summed E-state index contributed by atoms with van der Waals surface area (Å²) in [7, 11) is 0. The molecule has 3 nitrogen and oxygen atoms in total. The van der Waals surface area contributed by atoms with Gasteiger partial charge in [0, 0.05) is 27.7 Å². The van der Waals surface area contributed by atoms with Crippen molar-refractivity contribution in [3.8, 4) is 22.8 Å². The van der Waals surface area contributed by atoms with Crippen LogP contribution in [0.5, 0.6) is 0 Å². The lowest BCUT2D eigenvalue weighted by molar-refractivity contribution is 1.09. The fraction of sp³-hybridized carbons (Fsp3) is 0.0263. The van der Waals surface area contributed by atoms with Gasteiger partial charge in [0.1, 0.15) is 5.82 Å². The minimum Gasteiger partial charge on any atom is -0.309 e. The molecule has 1 aliphatic rings. The molecule has 0 radical (unpaired) electrons. The van der Waals surface area contributed by atoms with E-state index in [1.165, 1.54) is 43.7 Å². The molecule has 0 unspecified atom stereocenters. The van der Waals surface area contributed by atoms with Crippen molar-refractivity contribution in [1.82, 2.24) is 14.1 Å². The standard InChI is InChI=1S/C38H25N3/c1-2-10-26(11-3-1)38-39-32-17-5-7-19-34(32)41(38)29-22-20-28(21-23-29)40-33-18-6-4-15-30(33)37-31-16-9-13-25-12-8-14-27(36(25)31)24-35(37)40/h1-15,17-24H,16H2. The maximum absolute atomic E-state index is 5.03. The Morgan fingerprint density at radius 1 is 0.561 bits per heavy atom. The van der Waals surface area contributed by atoms with E-state index in [0.29, 0.717) is 0 Å². The van der Waals surface area contributed by atoms with Gasteiger partial charge in [-0.1, -0.05) is 91.0 Å².